The SMILES string of the molecule is COc1ccccc1N=C(C)c1cccnc1. The second-order valence-electron chi connectivity index (χ2n) is 3.61. The molecule has 3 nitrogen and oxygen atoms in total. The first-order chi connectivity index (χ1) is 8.31. The molecule has 0 atom stereocenters. The second-order valence-corrected chi connectivity index (χ2v) is 3.61. The zero-order chi connectivity index (χ0) is 12.1. The largest absolute Gasteiger partial charge is 0.494 e. The van der Waals surface area contributed by atoms with E-state index in [4.69, 9.17) is 4.74 Å². The number of benzene rings is 1. The summed E-state index contributed by atoms with van der Waals surface area (Å²) in [6, 6.07) is 11.6. The fourth-order valence-corrected chi connectivity index (χ4v) is 1.54. The van der Waals surface area contributed by atoms with Gasteiger partial charge in [0.05, 0.1) is 7.11 Å². The molecule has 0 fully saturated rings. The zero-order valence-electron chi connectivity index (χ0n) is 9.92. The third-order valence-corrected chi connectivity index (χ3v) is 2.45. The highest BCUT2D eigenvalue weighted by Crippen LogP contribution is 2.26. The summed E-state index contributed by atoms with van der Waals surface area (Å²) in [5, 5.41) is 0. The molecule has 0 saturated heterocycles. The van der Waals surface area contributed by atoms with Crippen LogP contribution in [-0.2, 0) is 0 Å². The number of aliphatic imine (C=N–C) groups is 1. The highest BCUT2D eigenvalue weighted by atomic mass is 16.5. The van der Waals surface area contributed by atoms with Gasteiger partial charge in [0, 0.05) is 23.7 Å². The van der Waals surface area contributed by atoms with Crippen molar-refractivity contribution in [3.8, 4) is 5.75 Å². The molecule has 0 N–H and O–H groups in total. The third-order valence-electron chi connectivity index (χ3n) is 2.45. The standard InChI is InChI=1S/C14H14N2O/c1-11(12-6-5-9-15-10-12)16-13-7-3-4-8-14(13)17-2/h3-10H,1-2H3. The van der Waals surface area contributed by atoms with Gasteiger partial charge in [0.15, 0.2) is 0 Å². The summed E-state index contributed by atoms with van der Waals surface area (Å²) < 4.78 is 5.26. The minimum absolute atomic E-state index is 0.774. The minimum atomic E-state index is 0.774. The van der Waals surface area contributed by atoms with E-state index in [2.05, 4.69) is 9.98 Å². The summed E-state index contributed by atoms with van der Waals surface area (Å²) in [6.07, 6.45) is 3.55. The predicted octanol–water partition coefficient (Wildman–Crippen LogP) is 3.23. The van der Waals surface area contributed by atoms with Crippen LogP contribution in [0.3, 0.4) is 0 Å². The van der Waals surface area contributed by atoms with Crippen molar-refractivity contribution in [1.82, 2.24) is 4.98 Å². The topological polar surface area (TPSA) is 34.5 Å². The minimum Gasteiger partial charge on any atom is -0.494 e. The number of nitrogens with zero attached hydrogens (tertiary/aromatic N) is 2. The van der Waals surface area contributed by atoms with E-state index in [9.17, 15) is 0 Å². The zero-order valence-corrected chi connectivity index (χ0v) is 9.92. The van der Waals surface area contributed by atoms with Gasteiger partial charge in [0.1, 0.15) is 11.4 Å². The number of para-hydroxylation sites is 2. The molecule has 2 aromatic rings. The van der Waals surface area contributed by atoms with Gasteiger partial charge >= 0.3 is 0 Å². The molecule has 0 unspecified atom stereocenters. The van der Waals surface area contributed by atoms with Crippen LogP contribution in [0.5, 0.6) is 5.75 Å². The molecule has 2 rings (SSSR count). The molecule has 17 heavy (non-hydrogen) atoms. The molecule has 0 saturated carbocycles. The lowest BCUT2D eigenvalue weighted by Gasteiger charge is -2.05. The van der Waals surface area contributed by atoms with E-state index in [0.29, 0.717) is 0 Å². The number of pyridine rings is 1. The first-order valence-electron chi connectivity index (χ1n) is 5.40. The summed E-state index contributed by atoms with van der Waals surface area (Å²) in [4.78, 5) is 8.63. The molecule has 3 heteroatoms. The average Bonchev–Trinajstić information content (AvgIpc) is 2.40. The molecular formula is C14H14N2O. The maximum Gasteiger partial charge on any atom is 0.144 e. The van der Waals surface area contributed by atoms with E-state index in [-0.39, 0.29) is 0 Å². The average molecular weight is 226 g/mol. The molecular weight excluding hydrogens is 212 g/mol. The molecule has 0 bridgehead atoms. The van der Waals surface area contributed by atoms with Crippen molar-refractivity contribution in [3.05, 3.63) is 54.4 Å². The first-order valence-corrected chi connectivity index (χ1v) is 5.40. The lowest BCUT2D eigenvalue weighted by atomic mass is 10.2. The molecule has 1 aromatic heterocycles. The number of ether oxygens (including phenoxy) is 1. The Labute approximate surface area is 101 Å². The third kappa shape index (κ3) is 2.69. The van der Waals surface area contributed by atoms with E-state index < -0.39 is 0 Å². The Hall–Kier alpha value is -2.16. The summed E-state index contributed by atoms with van der Waals surface area (Å²) >= 11 is 0. The molecule has 1 aromatic carbocycles. The van der Waals surface area contributed by atoms with E-state index in [0.717, 1.165) is 22.7 Å². The van der Waals surface area contributed by atoms with E-state index in [1.165, 1.54) is 0 Å². The number of rotatable bonds is 3. The second kappa shape index (κ2) is 5.25. The van der Waals surface area contributed by atoms with Crippen molar-refractivity contribution in [2.24, 2.45) is 4.99 Å². The maximum absolute atomic E-state index is 5.26. The number of hydrogen-bond acceptors (Lipinski definition) is 3. The normalized spacial score (nSPS) is 11.3. The maximum atomic E-state index is 5.26. The van der Waals surface area contributed by atoms with Gasteiger partial charge < -0.3 is 4.74 Å². The van der Waals surface area contributed by atoms with Crippen molar-refractivity contribution in [2.75, 3.05) is 7.11 Å². The lowest BCUT2D eigenvalue weighted by Crippen LogP contribution is -1.94. The van der Waals surface area contributed by atoms with Gasteiger partial charge in [-0.15, -0.1) is 0 Å². The van der Waals surface area contributed by atoms with Crippen LogP contribution >= 0.6 is 0 Å². The molecule has 0 radical (unpaired) electrons. The number of aromatic nitrogens is 1. The monoisotopic (exact) mass is 226 g/mol. The molecule has 0 aliphatic carbocycles. The van der Waals surface area contributed by atoms with Gasteiger partial charge in [0.2, 0.25) is 0 Å². The Morgan fingerprint density at radius 3 is 2.71 bits per heavy atom. The molecule has 0 spiro atoms. The molecule has 0 amide bonds. The van der Waals surface area contributed by atoms with Crippen LogP contribution in [0.4, 0.5) is 5.69 Å². The summed E-state index contributed by atoms with van der Waals surface area (Å²) in [5.74, 6) is 0.774. The summed E-state index contributed by atoms with van der Waals surface area (Å²) in [6.45, 7) is 1.96. The molecule has 0 aliphatic rings. The van der Waals surface area contributed by atoms with Gasteiger partial charge in [-0.05, 0) is 25.1 Å². The van der Waals surface area contributed by atoms with Crippen LogP contribution in [0.2, 0.25) is 0 Å². The van der Waals surface area contributed by atoms with E-state index in [1.807, 2.05) is 43.3 Å². The number of hydrogen-bond donors (Lipinski definition) is 0. The lowest BCUT2D eigenvalue weighted by molar-refractivity contribution is 0.416. The summed E-state index contributed by atoms with van der Waals surface area (Å²) in [7, 11) is 1.65. The fourth-order valence-electron chi connectivity index (χ4n) is 1.54. The highest BCUT2D eigenvalue weighted by Gasteiger charge is 2.01. The first kappa shape index (κ1) is 11.3. The van der Waals surface area contributed by atoms with Crippen LogP contribution in [0.25, 0.3) is 0 Å². The van der Waals surface area contributed by atoms with E-state index >= 15 is 0 Å². The Bertz CT molecular complexity index is 521. The smallest absolute Gasteiger partial charge is 0.144 e. The van der Waals surface area contributed by atoms with E-state index in [1.54, 1.807) is 19.5 Å². The van der Waals surface area contributed by atoms with Gasteiger partial charge in [-0.3, -0.25) is 4.98 Å². The van der Waals surface area contributed by atoms with Gasteiger partial charge in [0.25, 0.3) is 0 Å². The Balaban J connectivity index is 2.36. The van der Waals surface area contributed by atoms with Crippen molar-refractivity contribution in [1.29, 1.82) is 0 Å². The van der Waals surface area contributed by atoms with Crippen LogP contribution < -0.4 is 4.74 Å². The van der Waals surface area contributed by atoms with Gasteiger partial charge in [-0.2, -0.15) is 0 Å². The molecule has 0 aliphatic heterocycles. The quantitative estimate of drug-likeness (QED) is 0.753. The Morgan fingerprint density at radius 2 is 2.00 bits per heavy atom. The van der Waals surface area contributed by atoms with Crippen LogP contribution in [0.1, 0.15) is 12.5 Å². The van der Waals surface area contributed by atoms with Gasteiger partial charge in [-0.25, -0.2) is 4.99 Å². The van der Waals surface area contributed by atoms with Crippen molar-refractivity contribution in [3.63, 3.8) is 0 Å². The van der Waals surface area contributed by atoms with Crippen LogP contribution in [-0.4, -0.2) is 17.8 Å². The van der Waals surface area contributed by atoms with Crippen molar-refractivity contribution < 1.29 is 4.74 Å². The fraction of sp³-hybridized carbons (Fsp3) is 0.143. The predicted molar refractivity (Wildman–Crippen MR) is 69.1 cm³/mol. The van der Waals surface area contributed by atoms with Crippen molar-refractivity contribution >= 4 is 11.4 Å². The van der Waals surface area contributed by atoms with Crippen LogP contribution in [0.15, 0.2) is 53.8 Å². The number of methoxy groups -OCH3 is 1. The van der Waals surface area contributed by atoms with Gasteiger partial charge in [-0.1, -0.05) is 18.2 Å². The molecule has 1 heterocycles. The Kier molecular flexibility index (Phi) is 3.50. The summed E-state index contributed by atoms with van der Waals surface area (Å²) in [5.41, 5.74) is 2.76. The van der Waals surface area contributed by atoms with Crippen molar-refractivity contribution in [2.45, 2.75) is 6.92 Å². The molecule has 86 valence electrons. The highest BCUT2D eigenvalue weighted by molar-refractivity contribution is 6.00. The Morgan fingerprint density at radius 1 is 1.18 bits per heavy atom. The van der Waals surface area contributed by atoms with Crippen LogP contribution in [0, 0.1) is 0 Å².